The summed E-state index contributed by atoms with van der Waals surface area (Å²) >= 11 is 0. The van der Waals surface area contributed by atoms with Crippen molar-refractivity contribution >= 4 is 17.5 Å². The van der Waals surface area contributed by atoms with Crippen LogP contribution in [0.3, 0.4) is 0 Å². The minimum atomic E-state index is -0.588. The molecule has 0 aliphatic carbocycles. The van der Waals surface area contributed by atoms with Crippen LogP contribution in [0.15, 0.2) is 18.2 Å². The average Bonchev–Trinajstić information content (AvgIpc) is 2.69. The first-order chi connectivity index (χ1) is 8.91. The summed E-state index contributed by atoms with van der Waals surface area (Å²) < 4.78 is 14.0. The van der Waals surface area contributed by atoms with E-state index in [0.29, 0.717) is 13.0 Å². The predicted molar refractivity (Wildman–Crippen MR) is 69.4 cm³/mol. The molecular weight excluding hydrogens is 249 g/mol. The first-order valence-corrected chi connectivity index (χ1v) is 6.00. The van der Waals surface area contributed by atoms with Crippen molar-refractivity contribution in [2.24, 2.45) is 5.73 Å². The number of anilines is 1. The number of halogens is 1. The van der Waals surface area contributed by atoms with Crippen molar-refractivity contribution in [1.29, 1.82) is 0 Å². The Morgan fingerprint density at radius 3 is 2.63 bits per heavy atom. The van der Waals surface area contributed by atoms with Crippen LogP contribution < -0.4 is 10.6 Å². The molecule has 19 heavy (non-hydrogen) atoms. The van der Waals surface area contributed by atoms with E-state index in [1.165, 1.54) is 21.9 Å². The van der Waals surface area contributed by atoms with E-state index in [1.54, 1.807) is 14.1 Å². The van der Waals surface area contributed by atoms with Crippen LogP contribution in [-0.2, 0) is 4.79 Å². The summed E-state index contributed by atoms with van der Waals surface area (Å²) in [6.45, 7) is 0.401. The third kappa shape index (κ3) is 2.44. The molecule has 5 nitrogen and oxygen atoms in total. The van der Waals surface area contributed by atoms with E-state index in [-0.39, 0.29) is 23.1 Å². The summed E-state index contributed by atoms with van der Waals surface area (Å²) in [5, 5.41) is 0. The Morgan fingerprint density at radius 2 is 2.16 bits per heavy atom. The third-order valence-electron chi connectivity index (χ3n) is 3.14. The van der Waals surface area contributed by atoms with Gasteiger partial charge in [-0.1, -0.05) is 0 Å². The van der Waals surface area contributed by atoms with Gasteiger partial charge in [0, 0.05) is 26.2 Å². The largest absolute Gasteiger partial charge is 0.345 e. The molecule has 1 aliphatic rings. The van der Waals surface area contributed by atoms with E-state index >= 15 is 0 Å². The Morgan fingerprint density at radius 1 is 1.47 bits per heavy atom. The van der Waals surface area contributed by atoms with E-state index in [4.69, 9.17) is 5.73 Å². The smallest absolute Gasteiger partial charge is 0.253 e. The van der Waals surface area contributed by atoms with Crippen molar-refractivity contribution < 1.29 is 14.0 Å². The van der Waals surface area contributed by atoms with Gasteiger partial charge in [-0.15, -0.1) is 0 Å². The summed E-state index contributed by atoms with van der Waals surface area (Å²) in [4.78, 5) is 26.1. The third-order valence-corrected chi connectivity index (χ3v) is 3.14. The molecule has 0 radical (unpaired) electrons. The Balaban J connectivity index is 2.30. The molecule has 1 aromatic rings. The zero-order valence-corrected chi connectivity index (χ0v) is 10.9. The molecular formula is C13H16FN3O2. The SMILES string of the molecule is CN(C)C(=O)c1ccc(N2CC[C@H](N)C2=O)c(F)c1. The Kier molecular flexibility index (Phi) is 3.53. The maximum absolute atomic E-state index is 14.0. The molecule has 1 saturated heterocycles. The number of hydrogen-bond acceptors (Lipinski definition) is 3. The lowest BCUT2D eigenvalue weighted by atomic mass is 10.1. The Bertz CT molecular complexity index is 531. The Hall–Kier alpha value is -1.95. The van der Waals surface area contributed by atoms with Gasteiger partial charge in [-0.2, -0.15) is 0 Å². The molecule has 6 heteroatoms. The van der Waals surface area contributed by atoms with Gasteiger partial charge in [-0.05, 0) is 24.6 Å². The molecule has 0 unspecified atom stereocenters. The molecule has 2 N–H and O–H groups in total. The van der Waals surface area contributed by atoms with Gasteiger partial charge in [0.15, 0.2) is 0 Å². The van der Waals surface area contributed by atoms with Crippen molar-refractivity contribution in [1.82, 2.24) is 4.90 Å². The fourth-order valence-electron chi connectivity index (χ4n) is 2.06. The molecule has 1 heterocycles. The van der Waals surface area contributed by atoms with E-state index in [1.807, 2.05) is 0 Å². The van der Waals surface area contributed by atoms with Crippen molar-refractivity contribution in [3.05, 3.63) is 29.6 Å². The zero-order valence-electron chi connectivity index (χ0n) is 10.9. The second kappa shape index (κ2) is 4.97. The molecule has 2 rings (SSSR count). The fourth-order valence-corrected chi connectivity index (χ4v) is 2.06. The summed E-state index contributed by atoms with van der Waals surface area (Å²) in [5.74, 6) is -1.16. The molecule has 0 spiro atoms. The summed E-state index contributed by atoms with van der Waals surface area (Å²) in [6.07, 6.45) is 0.511. The van der Waals surface area contributed by atoms with Gasteiger partial charge < -0.3 is 15.5 Å². The Labute approximate surface area is 110 Å². The van der Waals surface area contributed by atoms with Crippen molar-refractivity contribution in [2.75, 3.05) is 25.5 Å². The summed E-state index contributed by atoms with van der Waals surface area (Å²) in [6, 6.07) is 3.54. The van der Waals surface area contributed by atoms with Gasteiger partial charge in [-0.3, -0.25) is 9.59 Å². The van der Waals surface area contributed by atoms with Crippen LogP contribution in [0.4, 0.5) is 10.1 Å². The van der Waals surface area contributed by atoms with Crippen LogP contribution in [0.25, 0.3) is 0 Å². The second-order valence-electron chi connectivity index (χ2n) is 4.75. The number of carbonyl (C=O) groups is 2. The van der Waals surface area contributed by atoms with Crippen molar-refractivity contribution in [3.63, 3.8) is 0 Å². The number of nitrogens with two attached hydrogens (primary N) is 1. The predicted octanol–water partition coefficient (Wildman–Crippen LogP) is 0.591. The van der Waals surface area contributed by atoms with Crippen LogP contribution in [-0.4, -0.2) is 43.4 Å². The lowest BCUT2D eigenvalue weighted by molar-refractivity contribution is -0.118. The van der Waals surface area contributed by atoms with Gasteiger partial charge in [0.1, 0.15) is 5.82 Å². The highest BCUT2D eigenvalue weighted by atomic mass is 19.1. The van der Waals surface area contributed by atoms with Gasteiger partial charge >= 0.3 is 0 Å². The van der Waals surface area contributed by atoms with E-state index in [2.05, 4.69) is 0 Å². The van der Waals surface area contributed by atoms with Crippen LogP contribution in [0.1, 0.15) is 16.8 Å². The molecule has 0 aromatic heterocycles. The highest BCUT2D eigenvalue weighted by Crippen LogP contribution is 2.25. The zero-order chi connectivity index (χ0) is 14.2. The lowest BCUT2D eigenvalue weighted by Crippen LogP contribution is -2.34. The first-order valence-electron chi connectivity index (χ1n) is 6.00. The lowest BCUT2D eigenvalue weighted by Gasteiger charge is -2.18. The molecule has 102 valence electrons. The fraction of sp³-hybridized carbons (Fsp3) is 0.385. The molecule has 1 aliphatic heterocycles. The summed E-state index contributed by atoms with van der Waals surface area (Å²) in [5.41, 5.74) is 6.03. The second-order valence-corrected chi connectivity index (χ2v) is 4.75. The maximum atomic E-state index is 14.0. The van der Waals surface area contributed by atoms with Crippen LogP contribution in [0.5, 0.6) is 0 Å². The number of nitrogens with zero attached hydrogens (tertiary/aromatic N) is 2. The minimum Gasteiger partial charge on any atom is -0.345 e. The number of benzene rings is 1. The number of amides is 2. The number of carbonyl (C=O) groups excluding carboxylic acids is 2. The van der Waals surface area contributed by atoms with Crippen LogP contribution >= 0.6 is 0 Å². The van der Waals surface area contributed by atoms with Crippen LogP contribution in [0, 0.1) is 5.82 Å². The quantitative estimate of drug-likeness (QED) is 0.851. The molecule has 1 fully saturated rings. The molecule has 0 saturated carbocycles. The normalized spacial score (nSPS) is 18.8. The van der Waals surface area contributed by atoms with Crippen LogP contribution in [0.2, 0.25) is 0 Å². The molecule has 0 bridgehead atoms. The highest BCUT2D eigenvalue weighted by Gasteiger charge is 2.31. The minimum absolute atomic E-state index is 0.174. The average molecular weight is 265 g/mol. The van der Waals surface area contributed by atoms with E-state index in [9.17, 15) is 14.0 Å². The standard InChI is InChI=1S/C13H16FN3O2/c1-16(2)12(18)8-3-4-11(9(14)7-8)17-6-5-10(15)13(17)19/h3-4,7,10H,5-6,15H2,1-2H3/t10-/m0/s1. The highest BCUT2D eigenvalue weighted by molar-refractivity contribution is 6.00. The van der Waals surface area contributed by atoms with Crippen molar-refractivity contribution in [2.45, 2.75) is 12.5 Å². The summed E-state index contributed by atoms with van der Waals surface area (Å²) in [7, 11) is 3.19. The van der Waals surface area contributed by atoms with Gasteiger partial charge in [0.05, 0.1) is 11.7 Å². The monoisotopic (exact) mass is 265 g/mol. The van der Waals surface area contributed by atoms with Gasteiger partial charge in [-0.25, -0.2) is 4.39 Å². The van der Waals surface area contributed by atoms with Gasteiger partial charge in [0.2, 0.25) is 5.91 Å². The molecule has 2 amide bonds. The maximum Gasteiger partial charge on any atom is 0.253 e. The number of hydrogen-bond donors (Lipinski definition) is 1. The molecule has 1 atom stereocenters. The van der Waals surface area contributed by atoms with E-state index in [0.717, 1.165) is 6.07 Å². The molecule has 1 aromatic carbocycles. The van der Waals surface area contributed by atoms with Crippen molar-refractivity contribution in [3.8, 4) is 0 Å². The van der Waals surface area contributed by atoms with Gasteiger partial charge in [0.25, 0.3) is 5.91 Å². The topological polar surface area (TPSA) is 66.6 Å². The first kappa shape index (κ1) is 13.5. The number of rotatable bonds is 2. The van der Waals surface area contributed by atoms with E-state index < -0.39 is 11.9 Å².